The molecule has 0 saturated carbocycles. The molecule has 0 spiro atoms. The highest BCUT2D eigenvalue weighted by Gasteiger charge is 2.40. The molecule has 0 bridgehead atoms. The maximum absolute atomic E-state index is 13.6. The van der Waals surface area contributed by atoms with Gasteiger partial charge in [0.1, 0.15) is 18.7 Å². The van der Waals surface area contributed by atoms with Crippen molar-refractivity contribution in [2.24, 2.45) is 17.6 Å². The minimum absolute atomic E-state index is 0.0549. The number of nitrogens with one attached hydrogen (secondary N) is 1. The summed E-state index contributed by atoms with van der Waals surface area (Å²) < 4.78 is 41.1. The summed E-state index contributed by atoms with van der Waals surface area (Å²) in [6.07, 6.45) is -1.55. The Kier molecular flexibility index (Phi) is 14.4. The SMILES string of the molecule is C[C@@H](CP(=O)(O)O)[C@H](N)C(=O)O.C[C@@H](CP(=O)(OC(C)(C)C)OC(C)(C)C)[C@H](NC(=O)OCC1c2ccccc2-c2ccccc21)C(=O)O. The molecular weight excluding hydrogens is 678 g/mol. The van der Waals surface area contributed by atoms with Crippen molar-refractivity contribution in [1.29, 1.82) is 0 Å². The van der Waals surface area contributed by atoms with Crippen molar-refractivity contribution < 1.29 is 57.3 Å². The molecule has 274 valence electrons. The van der Waals surface area contributed by atoms with E-state index in [4.69, 9.17) is 34.4 Å². The number of rotatable bonds is 13. The van der Waals surface area contributed by atoms with Crippen molar-refractivity contribution in [3.8, 4) is 11.1 Å². The fraction of sp³-hybridized carbons (Fsp3) is 0.545. The van der Waals surface area contributed by atoms with Gasteiger partial charge in [-0.2, -0.15) is 0 Å². The molecule has 0 unspecified atom stereocenters. The molecule has 16 heteroatoms. The smallest absolute Gasteiger partial charge is 0.407 e. The van der Waals surface area contributed by atoms with Gasteiger partial charge in [0.05, 0.1) is 23.5 Å². The van der Waals surface area contributed by atoms with E-state index in [9.17, 15) is 28.6 Å². The van der Waals surface area contributed by atoms with Gasteiger partial charge in [-0.1, -0.05) is 62.4 Å². The molecular formula is C33H50N2O12P2. The molecule has 1 amide bonds. The van der Waals surface area contributed by atoms with Crippen molar-refractivity contribution in [3.05, 3.63) is 59.7 Å². The molecule has 1 aliphatic rings. The molecule has 3 rings (SSSR count). The van der Waals surface area contributed by atoms with Gasteiger partial charge in [0.25, 0.3) is 0 Å². The fourth-order valence-electron chi connectivity index (χ4n) is 5.33. The lowest BCUT2D eigenvalue weighted by Crippen LogP contribution is -2.47. The van der Waals surface area contributed by atoms with Crippen LogP contribution in [0.4, 0.5) is 4.79 Å². The van der Waals surface area contributed by atoms with E-state index >= 15 is 0 Å². The van der Waals surface area contributed by atoms with Crippen molar-refractivity contribution in [1.82, 2.24) is 5.32 Å². The fourth-order valence-corrected chi connectivity index (χ4v) is 9.08. The van der Waals surface area contributed by atoms with E-state index in [-0.39, 0.29) is 18.7 Å². The van der Waals surface area contributed by atoms with Crippen molar-refractivity contribution in [2.75, 3.05) is 18.9 Å². The predicted octanol–water partition coefficient (Wildman–Crippen LogP) is 5.65. The van der Waals surface area contributed by atoms with Crippen molar-refractivity contribution in [2.45, 2.75) is 84.6 Å². The van der Waals surface area contributed by atoms with Crippen LogP contribution in [-0.4, -0.2) is 80.2 Å². The van der Waals surface area contributed by atoms with Crippen LogP contribution < -0.4 is 11.1 Å². The zero-order valence-corrected chi connectivity index (χ0v) is 30.9. The summed E-state index contributed by atoms with van der Waals surface area (Å²) in [5.74, 6) is -4.17. The maximum atomic E-state index is 13.6. The second-order valence-electron chi connectivity index (χ2n) is 14.2. The summed E-state index contributed by atoms with van der Waals surface area (Å²) in [6, 6.07) is 13.3. The van der Waals surface area contributed by atoms with Crippen LogP contribution >= 0.6 is 15.2 Å². The molecule has 2 aromatic rings. The van der Waals surface area contributed by atoms with Crippen LogP contribution in [0.1, 0.15) is 72.4 Å². The number of alkyl carbamates (subject to hydrolysis) is 1. The molecule has 0 heterocycles. The van der Waals surface area contributed by atoms with Gasteiger partial charge in [0.2, 0.25) is 0 Å². The van der Waals surface area contributed by atoms with Crippen molar-refractivity contribution >= 4 is 33.2 Å². The highest BCUT2D eigenvalue weighted by atomic mass is 31.2. The third-order valence-corrected chi connectivity index (χ3v) is 10.9. The molecule has 1 aliphatic carbocycles. The number of carboxylic acids is 2. The Morgan fingerprint density at radius 2 is 1.24 bits per heavy atom. The number of carboxylic acid groups (broad SMARTS) is 2. The Hall–Kier alpha value is -3.09. The molecule has 2 aromatic carbocycles. The van der Waals surface area contributed by atoms with Gasteiger partial charge in [0.15, 0.2) is 0 Å². The molecule has 0 aliphatic heterocycles. The summed E-state index contributed by atoms with van der Waals surface area (Å²) >= 11 is 0. The van der Waals surface area contributed by atoms with Crippen LogP contribution in [0.25, 0.3) is 11.1 Å². The highest BCUT2D eigenvalue weighted by Crippen LogP contribution is 2.56. The quantitative estimate of drug-likeness (QED) is 0.137. The number of hydrogen-bond donors (Lipinski definition) is 6. The average molecular weight is 729 g/mol. The van der Waals surface area contributed by atoms with Crippen LogP contribution in [-0.2, 0) is 32.5 Å². The zero-order valence-electron chi connectivity index (χ0n) is 29.2. The molecule has 14 nitrogen and oxygen atoms in total. The molecule has 0 aromatic heterocycles. The minimum Gasteiger partial charge on any atom is -0.480 e. The first-order chi connectivity index (χ1) is 22.3. The zero-order chi connectivity index (χ0) is 37.5. The van der Waals surface area contributed by atoms with Crippen LogP contribution in [0.3, 0.4) is 0 Å². The Morgan fingerprint density at radius 3 is 1.63 bits per heavy atom. The third-order valence-electron chi connectivity index (χ3n) is 7.21. The second-order valence-corrected chi connectivity index (χ2v) is 17.8. The molecule has 7 N–H and O–H groups in total. The number of benzene rings is 2. The van der Waals surface area contributed by atoms with Crippen LogP contribution in [0, 0.1) is 11.8 Å². The number of hydrogen-bond acceptors (Lipinski definition) is 9. The maximum Gasteiger partial charge on any atom is 0.407 e. The molecule has 4 atom stereocenters. The Balaban J connectivity index is 0.000000591. The average Bonchev–Trinajstić information content (AvgIpc) is 3.24. The van der Waals surface area contributed by atoms with Crippen LogP contribution in [0.15, 0.2) is 48.5 Å². The lowest BCUT2D eigenvalue weighted by Gasteiger charge is -2.34. The van der Waals surface area contributed by atoms with Crippen LogP contribution in [0.2, 0.25) is 0 Å². The number of carbonyl (C=O) groups excluding carboxylic acids is 1. The van der Waals surface area contributed by atoms with Gasteiger partial charge in [-0.15, -0.1) is 0 Å². The second kappa shape index (κ2) is 16.7. The van der Waals surface area contributed by atoms with Gasteiger partial charge in [-0.25, -0.2) is 9.59 Å². The van der Waals surface area contributed by atoms with Crippen LogP contribution in [0.5, 0.6) is 0 Å². The monoisotopic (exact) mass is 728 g/mol. The Bertz CT molecular complexity index is 1500. The number of nitrogens with two attached hydrogens (primary N) is 1. The first-order valence-corrected chi connectivity index (χ1v) is 19.2. The summed E-state index contributed by atoms with van der Waals surface area (Å²) in [6.45, 7) is 13.5. The standard InChI is InChI=1S/C28H38NO7P.C5H12NO5P/c1-18(17-37(33,35-27(2,3)4)36-28(5,6)7)24(25(30)31)29-26(32)34-16-23-21-14-10-8-12-19(21)20-13-9-11-15-22(20)23;1-3(2-12(9,10)11)4(6)5(7)8/h8-15,18,23-24H,16-17H2,1-7H3,(H,29,32)(H,30,31);3-4H,2,6H2,1H3,(H,7,8)(H2,9,10,11)/t18-,24-;3-,4-/m00/s1. The van der Waals surface area contributed by atoms with Crippen molar-refractivity contribution in [3.63, 3.8) is 0 Å². The van der Waals surface area contributed by atoms with Gasteiger partial charge < -0.3 is 44.8 Å². The predicted molar refractivity (Wildman–Crippen MR) is 185 cm³/mol. The number of amides is 1. The normalized spacial score (nSPS) is 15.8. The van der Waals surface area contributed by atoms with E-state index in [0.717, 1.165) is 22.3 Å². The first kappa shape index (κ1) is 42.1. The lowest BCUT2D eigenvalue weighted by atomic mass is 9.98. The Labute approximate surface area is 287 Å². The molecule has 0 saturated heterocycles. The largest absolute Gasteiger partial charge is 0.480 e. The summed E-state index contributed by atoms with van der Waals surface area (Å²) in [4.78, 5) is 52.0. The van der Waals surface area contributed by atoms with Gasteiger partial charge in [-0.05, 0) is 75.6 Å². The summed E-state index contributed by atoms with van der Waals surface area (Å²) in [5, 5.41) is 20.7. The van der Waals surface area contributed by atoms with E-state index in [2.05, 4.69) is 5.32 Å². The number of carbonyl (C=O) groups is 3. The van der Waals surface area contributed by atoms with Gasteiger partial charge in [-0.3, -0.25) is 13.9 Å². The number of fused-ring (bicyclic) bond motifs is 3. The van der Waals surface area contributed by atoms with E-state index in [1.54, 1.807) is 48.5 Å². The minimum atomic E-state index is -4.16. The van der Waals surface area contributed by atoms with Gasteiger partial charge >= 0.3 is 33.2 Å². The van der Waals surface area contributed by atoms with E-state index in [1.165, 1.54) is 6.92 Å². The van der Waals surface area contributed by atoms with E-state index in [1.807, 2.05) is 48.5 Å². The topological polar surface area (TPSA) is 232 Å². The van der Waals surface area contributed by atoms with Gasteiger partial charge in [0, 0.05) is 5.92 Å². The Morgan fingerprint density at radius 1 is 0.796 bits per heavy atom. The molecule has 0 fully saturated rings. The number of aliphatic carboxylic acids is 2. The third kappa shape index (κ3) is 13.6. The lowest BCUT2D eigenvalue weighted by molar-refractivity contribution is -0.141. The summed E-state index contributed by atoms with van der Waals surface area (Å²) in [5.41, 5.74) is 7.87. The first-order valence-electron chi connectivity index (χ1n) is 15.7. The summed E-state index contributed by atoms with van der Waals surface area (Å²) in [7, 11) is -7.88. The number of ether oxygens (including phenoxy) is 1. The van der Waals surface area contributed by atoms with E-state index < -0.39 is 74.5 Å². The highest BCUT2D eigenvalue weighted by molar-refractivity contribution is 7.54. The van der Waals surface area contributed by atoms with E-state index in [0.29, 0.717) is 0 Å². The molecule has 49 heavy (non-hydrogen) atoms. The molecule has 0 radical (unpaired) electrons.